The first-order valence-corrected chi connectivity index (χ1v) is 6.48. The standard InChI is InChI=1S/C13H16ClFN2O/c1-9-4-2-3-7-17(9)13(18)16-10-5-6-11(14)12(15)8-10/h5-6,8-9H,2-4,7H2,1H3,(H,16,18). The van der Waals surface area contributed by atoms with Crippen LogP contribution in [0.25, 0.3) is 0 Å². The predicted octanol–water partition coefficient (Wildman–Crippen LogP) is 3.89. The van der Waals surface area contributed by atoms with Gasteiger partial charge in [-0.15, -0.1) is 0 Å². The maximum absolute atomic E-state index is 13.3. The molecule has 1 aliphatic rings. The third-order valence-corrected chi connectivity index (χ3v) is 3.54. The number of hydrogen-bond donors (Lipinski definition) is 1. The minimum Gasteiger partial charge on any atom is -0.322 e. The first-order valence-electron chi connectivity index (χ1n) is 6.10. The summed E-state index contributed by atoms with van der Waals surface area (Å²) in [4.78, 5) is 13.8. The van der Waals surface area contributed by atoms with E-state index in [0.717, 1.165) is 25.8 Å². The fraction of sp³-hybridized carbons (Fsp3) is 0.462. The van der Waals surface area contributed by atoms with Crippen molar-refractivity contribution < 1.29 is 9.18 Å². The summed E-state index contributed by atoms with van der Waals surface area (Å²) in [6.45, 7) is 2.78. The molecular formula is C13H16ClFN2O. The second-order valence-electron chi connectivity index (χ2n) is 4.60. The Morgan fingerprint density at radius 3 is 2.94 bits per heavy atom. The van der Waals surface area contributed by atoms with Gasteiger partial charge in [-0.25, -0.2) is 9.18 Å². The van der Waals surface area contributed by atoms with Crippen molar-refractivity contribution in [3.8, 4) is 0 Å². The van der Waals surface area contributed by atoms with Gasteiger partial charge < -0.3 is 10.2 Å². The van der Waals surface area contributed by atoms with Crippen molar-refractivity contribution in [1.82, 2.24) is 4.90 Å². The number of urea groups is 1. The molecule has 1 fully saturated rings. The summed E-state index contributed by atoms with van der Waals surface area (Å²) in [5, 5.41) is 2.75. The first-order chi connectivity index (χ1) is 8.58. The molecule has 3 nitrogen and oxygen atoms in total. The molecule has 0 aromatic heterocycles. The van der Waals surface area contributed by atoms with Gasteiger partial charge in [0.1, 0.15) is 5.82 Å². The summed E-state index contributed by atoms with van der Waals surface area (Å²) in [5.41, 5.74) is 0.430. The molecule has 0 spiro atoms. The SMILES string of the molecule is CC1CCCCN1C(=O)Nc1ccc(Cl)c(F)c1. The van der Waals surface area contributed by atoms with Gasteiger partial charge in [0.05, 0.1) is 5.02 Å². The molecule has 0 saturated carbocycles. The molecule has 1 atom stereocenters. The summed E-state index contributed by atoms with van der Waals surface area (Å²) >= 11 is 5.59. The van der Waals surface area contributed by atoms with E-state index < -0.39 is 5.82 Å². The van der Waals surface area contributed by atoms with E-state index in [-0.39, 0.29) is 17.1 Å². The Morgan fingerprint density at radius 1 is 1.50 bits per heavy atom. The molecule has 1 heterocycles. The number of rotatable bonds is 1. The molecule has 1 aromatic rings. The summed E-state index contributed by atoms with van der Waals surface area (Å²) < 4.78 is 13.3. The molecule has 2 amide bonds. The minimum atomic E-state index is -0.527. The molecule has 18 heavy (non-hydrogen) atoms. The zero-order chi connectivity index (χ0) is 13.1. The Hall–Kier alpha value is -1.29. The van der Waals surface area contributed by atoms with Crippen LogP contribution in [0.4, 0.5) is 14.9 Å². The Bertz CT molecular complexity index is 453. The zero-order valence-corrected chi connectivity index (χ0v) is 11.0. The van der Waals surface area contributed by atoms with Crippen LogP contribution in [0.3, 0.4) is 0 Å². The van der Waals surface area contributed by atoms with E-state index in [9.17, 15) is 9.18 Å². The topological polar surface area (TPSA) is 32.3 Å². The quantitative estimate of drug-likeness (QED) is 0.825. The van der Waals surface area contributed by atoms with Crippen LogP contribution in [-0.2, 0) is 0 Å². The van der Waals surface area contributed by atoms with E-state index in [1.807, 2.05) is 6.92 Å². The highest BCUT2D eigenvalue weighted by Crippen LogP contribution is 2.21. The molecule has 5 heteroatoms. The van der Waals surface area contributed by atoms with Crippen molar-refractivity contribution in [3.05, 3.63) is 29.0 Å². The molecule has 98 valence electrons. The first kappa shape index (κ1) is 13.1. The third kappa shape index (κ3) is 2.93. The number of piperidine rings is 1. The molecule has 2 rings (SSSR count). The monoisotopic (exact) mass is 270 g/mol. The lowest BCUT2D eigenvalue weighted by Crippen LogP contribution is -2.44. The summed E-state index contributed by atoms with van der Waals surface area (Å²) in [6, 6.07) is 4.32. The third-order valence-electron chi connectivity index (χ3n) is 3.23. The molecular weight excluding hydrogens is 255 g/mol. The molecule has 0 bridgehead atoms. The van der Waals surface area contributed by atoms with E-state index >= 15 is 0 Å². The molecule has 1 aromatic carbocycles. The van der Waals surface area contributed by atoms with Crippen molar-refractivity contribution in [3.63, 3.8) is 0 Å². The average molecular weight is 271 g/mol. The van der Waals surface area contributed by atoms with Gasteiger partial charge in [-0.3, -0.25) is 0 Å². The smallest absolute Gasteiger partial charge is 0.322 e. The van der Waals surface area contributed by atoms with E-state index in [1.165, 1.54) is 12.1 Å². The van der Waals surface area contributed by atoms with Crippen molar-refractivity contribution in [2.75, 3.05) is 11.9 Å². The molecule has 0 aliphatic carbocycles. The lowest BCUT2D eigenvalue weighted by molar-refractivity contribution is 0.170. The molecule has 1 aliphatic heterocycles. The number of hydrogen-bond acceptors (Lipinski definition) is 1. The minimum absolute atomic E-state index is 0.0549. The largest absolute Gasteiger partial charge is 0.322 e. The fourth-order valence-corrected chi connectivity index (χ4v) is 2.29. The van der Waals surface area contributed by atoms with E-state index in [2.05, 4.69) is 5.32 Å². The van der Waals surface area contributed by atoms with Gasteiger partial charge in [-0.2, -0.15) is 0 Å². The van der Waals surface area contributed by atoms with Crippen LogP contribution in [0, 0.1) is 5.82 Å². The van der Waals surface area contributed by atoms with Crippen LogP contribution < -0.4 is 5.32 Å². The van der Waals surface area contributed by atoms with Gasteiger partial charge in [-0.1, -0.05) is 11.6 Å². The molecule has 1 saturated heterocycles. The van der Waals surface area contributed by atoms with E-state index in [1.54, 1.807) is 11.0 Å². The maximum atomic E-state index is 13.3. The van der Waals surface area contributed by atoms with Crippen molar-refractivity contribution in [1.29, 1.82) is 0 Å². The van der Waals surface area contributed by atoms with Crippen molar-refractivity contribution in [2.45, 2.75) is 32.2 Å². The number of carbonyl (C=O) groups excluding carboxylic acids is 1. The van der Waals surface area contributed by atoms with Gasteiger partial charge in [-0.05, 0) is 44.4 Å². The highest BCUT2D eigenvalue weighted by molar-refractivity contribution is 6.30. The predicted molar refractivity (Wildman–Crippen MR) is 70.4 cm³/mol. The zero-order valence-electron chi connectivity index (χ0n) is 10.2. The van der Waals surface area contributed by atoms with Gasteiger partial charge in [0.15, 0.2) is 0 Å². The van der Waals surface area contributed by atoms with Crippen LogP contribution >= 0.6 is 11.6 Å². The van der Waals surface area contributed by atoms with Gasteiger partial charge in [0, 0.05) is 18.3 Å². The number of amides is 2. The van der Waals surface area contributed by atoms with Crippen LogP contribution in [0.15, 0.2) is 18.2 Å². The summed E-state index contributed by atoms with van der Waals surface area (Å²) in [5.74, 6) is -0.527. The Balaban J connectivity index is 2.04. The number of likely N-dealkylation sites (tertiary alicyclic amines) is 1. The summed E-state index contributed by atoms with van der Waals surface area (Å²) in [6.07, 6.45) is 3.19. The number of nitrogens with one attached hydrogen (secondary N) is 1. The second kappa shape index (κ2) is 5.57. The lowest BCUT2D eigenvalue weighted by atomic mass is 10.0. The number of benzene rings is 1. The number of anilines is 1. The number of carbonyl (C=O) groups is 1. The number of halogens is 2. The fourth-order valence-electron chi connectivity index (χ4n) is 2.17. The van der Waals surface area contributed by atoms with Crippen molar-refractivity contribution in [2.24, 2.45) is 0 Å². The highest BCUT2D eigenvalue weighted by Gasteiger charge is 2.23. The average Bonchev–Trinajstić information content (AvgIpc) is 2.34. The Morgan fingerprint density at radius 2 is 2.28 bits per heavy atom. The van der Waals surface area contributed by atoms with E-state index in [4.69, 9.17) is 11.6 Å². The normalized spacial score (nSPS) is 19.7. The van der Waals surface area contributed by atoms with Gasteiger partial charge in [0.25, 0.3) is 0 Å². The van der Waals surface area contributed by atoms with Crippen LogP contribution in [-0.4, -0.2) is 23.5 Å². The lowest BCUT2D eigenvalue weighted by Gasteiger charge is -2.33. The molecule has 1 N–H and O–H groups in total. The second-order valence-corrected chi connectivity index (χ2v) is 5.00. The molecule has 0 radical (unpaired) electrons. The highest BCUT2D eigenvalue weighted by atomic mass is 35.5. The van der Waals surface area contributed by atoms with Gasteiger partial charge >= 0.3 is 6.03 Å². The Kier molecular flexibility index (Phi) is 4.07. The van der Waals surface area contributed by atoms with E-state index in [0.29, 0.717) is 5.69 Å². The maximum Gasteiger partial charge on any atom is 0.322 e. The van der Waals surface area contributed by atoms with Crippen molar-refractivity contribution >= 4 is 23.3 Å². The Labute approximate surface area is 111 Å². The van der Waals surface area contributed by atoms with Crippen LogP contribution in [0.5, 0.6) is 0 Å². The molecule has 1 unspecified atom stereocenters. The summed E-state index contributed by atoms with van der Waals surface area (Å²) in [7, 11) is 0. The number of nitrogens with zero attached hydrogens (tertiary/aromatic N) is 1. The van der Waals surface area contributed by atoms with Gasteiger partial charge in [0.2, 0.25) is 0 Å². The van der Waals surface area contributed by atoms with Crippen LogP contribution in [0.1, 0.15) is 26.2 Å². The van der Waals surface area contributed by atoms with Crippen LogP contribution in [0.2, 0.25) is 5.02 Å².